The first-order chi connectivity index (χ1) is 16.1. The molecule has 0 saturated carbocycles. The molecular formula is C24H23N3O5S. The van der Waals surface area contributed by atoms with Gasteiger partial charge >= 0.3 is 0 Å². The fourth-order valence-electron chi connectivity index (χ4n) is 3.39. The summed E-state index contributed by atoms with van der Waals surface area (Å²) in [5, 5.41) is 9.01. The van der Waals surface area contributed by atoms with Crippen molar-refractivity contribution in [3.8, 4) is 28.6 Å². The van der Waals surface area contributed by atoms with Crippen LogP contribution in [0.2, 0.25) is 0 Å². The van der Waals surface area contributed by atoms with Gasteiger partial charge in [0.15, 0.2) is 11.5 Å². The highest BCUT2D eigenvalue weighted by Crippen LogP contribution is 2.40. The van der Waals surface area contributed by atoms with Crippen LogP contribution in [0.15, 0.2) is 64.5 Å². The van der Waals surface area contributed by atoms with E-state index in [1.54, 1.807) is 32.4 Å². The number of carbonyl (C=O) groups is 1. The second-order valence-electron chi connectivity index (χ2n) is 7.06. The van der Waals surface area contributed by atoms with Crippen molar-refractivity contribution in [2.75, 3.05) is 21.3 Å². The number of methoxy groups -OCH3 is 3. The zero-order valence-electron chi connectivity index (χ0n) is 18.4. The van der Waals surface area contributed by atoms with Gasteiger partial charge in [-0.15, -0.1) is 11.3 Å². The van der Waals surface area contributed by atoms with Crippen molar-refractivity contribution >= 4 is 17.2 Å². The Labute approximate surface area is 195 Å². The molecular weight excluding hydrogens is 442 g/mol. The molecule has 1 unspecified atom stereocenters. The summed E-state index contributed by atoms with van der Waals surface area (Å²) in [7, 11) is 4.62. The maximum absolute atomic E-state index is 12.8. The number of benzene rings is 2. The minimum Gasteiger partial charge on any atom is -0.493 e. The minimum absolute atomic E-state index is 0.196. The fourth-order valence-corrected chi connectivity index (χ4v) is 4.02. The van der Waals surface area contributed by atoms with Crippen molar-refractivity contribution in [1.82, 2.24) is 15.5 Å². The molecule has 1 N–H and O–H groups in total. The molecule has 170 valence electrons. The monoisotopic (exact) mass is 465 g/mol. The van der Waals surface area contributed by atoms with Gasteiger partial charge in [0.05, 0.1) is 26.2 Å². The highest BCUT2D eigenvalue weighted by atomic mass is 32.1. The van der Waals surface area contributed by atoms with Crippen molar-refractivity contribution in [3.05, 3.63) is 76.3 Å². The molecule has 0 bridgehead atoms. The van der Waals surface area contributed by atoms with E-state index in [2.05, 4.69) is 15.5 Å². The van der Waals surface area contributed by atoms with E-state index in [0.717, 1.165) is 5.56 Å². The average molecular weight is 466 g/mol. The van der Waals surface area contributed by atoms with Crippen molar-refractivity contribution in [2.24, 2.45) is 0 Å². The summed E-state index contributed by atoms with van der Waals surface area (Å²) in [4.78, 5) is 17.9. The van der Waals surface area contributed by atoms with Crippen LogP contribution < -0.4 is 19.5 Å². The van der Waals surface area contributed by atoms with E-state index in [1.807, 2.05) is 41.8 Å². The Bertz CT molecular complexity index is 1180. The molecule has 33 heavy (non-hydrogen) atoms. The highest BCUT2D eigenvalue weighted by Gasteiger charge is 2.24. The highest BCUT2D eigenvalue weighted by molar-refractivity contribution is 7.12. The predicted octanol–water partition coefficient (Wildman–Crippen LogP) is 4.54. The predicted molar refractivity (Wildman–Crippen MR) is 124 cm³/mol. The van der Waals surface area contributed by atoms with Gasteiger partial charge in [0.1, 0.15) is 6.04 Å². The first-order valence-electron chi connectivity index (χ1n) is 10.1. The van der Waals surface area contributed by atoms with Crippen LogP contribution >= 0.6 is 11.3 Å². The first kappa shape index (κ1) is 22.3. The minimum atomic E-state index is -0.509. The maximum Gasteiger partial charge on any atom is 0.262 e. The van der Waals surface area contributed by atoms with Gasteiger partial charge in [-0.2, -0.15) is 4.98 Å². The Morgan fingerprint density at radius 1 is 1.03 bits per heavy atom. The summed E-state index contributed by atoms with van der Waals surface area (Å²) in [6.07, 6.45) is 0.495. The van der Waals surface area contributed by atoms with Gasteiger partial charge in [0.25, 0.3) is 5.91 Å². The first-order valence-corrected chi connectivity index (χ1v) is 11.0. The van der Waals surface area contributed by atoms with Crippen LogP contribution in [-0.4, -0.2) is 37.4 Å². The van der Waals surface area contributed by atoms with Crippen LogP contribution in [0.25, 0.3) is 11.4 Å². The Morgan fingerprint density at radius 3 is 2.36 bits per heavy atom. The molecule has 2 heterocycles. The number of nitrogens with zero attached hydrogens (tertiary/aromatic N) is 2. The van der Waals surface area contributed by atoms with Crippen molar-refractivity contribution in [1.29, 1.82) is 0 Å². The standard InChI is InChI=1S/C24H23N3O5S/c1-29-18-13-16(14-19(30-2)21(18)31-3)22-26-24(32-27-22)17(12-15-8-5-4-6-9-15)25-23(28)20-10-7-11-33-20/h4-11,13-14,17H,12H2,1-3H3,(H,25,28). The molecule has 0 fully saturated rings. The summed E-state index contributed by atoms with van der Waals surface area (Å²) in [6, 6.07) is 16.4. The number of amides is 1. The molecule has 1 amide bonds. The lowest BCUT2D eigenvalue weighted by Crippen LogP contribution is -2.29. The molecule has 0 aliphatic heterocycles. The fraction of sp³-hybridized carbons (Fsp3) is 0.208. The average Bonchev–Trinajstić information content (AvgIpc) is 3.56. The Hall–Kier alpha value is -3.85. The van der Waals surface area contributed by atoms with Gasteiger partial charge in [-0.05, 0) is 29.1 Å². The lowest BCUT2D eigenvalue weighted by molar-refractivity contribution is 0.0932. The third kappa shape index (κ3) is 4.98. The van der Waals surface area contributed by atoms with Crippen LogP contribution in [0.3, 0.4) is 0 Å². The number of thiophene rings is 1. The number of nitrogens with one attached hydrogen (secondary N) is 1. The Morgan fingerprint density at radius 2 is 1.76 bits per heavy atom. The zero-order valence-corrected chi connectivity index (χ0v) is 19.2. The smallest absolute Gasteiger partial charge is 0.262 e. The number of hydrogen-bond acceptors (Lipinski definition) is 8. The molecule has 2 aromatic heterocycles. The summed E-state index contributed by atoms with van der Waals surface area (Å²) >= 11 is 1.37. The second kappa shape index (κ2) is 10.2. The number of carbonyl (C=O) groups excluding carboxylic acids is 1. The van der Waals surface area contributed by atoms with Gasteiger partial charge < -0.3 is 24.1 Å². The molecule has 9 heteroatoms. The van der Waals surface area contributed by atoms with Crippen LogP contribution in [0.1, 0.15) is 27.2 Å². The summed E-state index contributed by atoms with van der Waals surface area (Å²) in [5.74, 6) is 1.87. The quantitative estimate of drug-likeness (QED) is 0.388. The summed E-state index contributed by atoms with van der Waals surface area (Å²) in [6.45, 7) is 0. The normalized spacial score (nSPS) is 11.6. The third-order valence-corrected chi connectivity index (χ3v) is 5.86. The van der Waals surface area contributed by atoms with Crippen LogP contribution in [0, 0.1) is 0 Å². The van der Waals surface area contributed by atoms with Gasteiger partial charge in [-0.3, -0.25) is 4.79 Å². The summed E-state index contributed by atoms with van der Waals surface area (Å²) in [5.41, 5.74) is 1.66. The van der Waals surface area contributed by atoms with Crippen molar-refractivity contribution in [3.63, 3.8) is 0 Å². The summed E-state index contributed by atoms with van der Waals surface area (Å²) < 4.78 is 21.8. The molecule has 0 aliphatic rings. The number of rotatable bonds is 9. The third-order valence-electron chi connectivity index (χ3n) is 5.00. The van der Waals surface area contributed by atoms with Gasteiger partial charge in [0, 0.05) is 12.0 Å². The second-order valence-corrected chi connectivity index (χ2v) is 8.01. The van der Waals surface area contributed by atoms with Crippen molar-refractivity contribution < 1.29 is 23.5 Å². The van der Waals surface area contributed by atoms with E-state index >= 15 is 0 Å². The molecule has 0 saturated heterocycles. The molecule has 4 aromatic rings. The lowest BCUT2D eigenvalue weighted by atomic mass is 10.1. The van der Waals surface area contributed by atoms with Crippen LogP contribution in [0.4, 0.5) is 0 Å². The molecule has 1 atom stereocenters. The maximum atomic E-state index is 12.8. The number of hydrogen-bond donors (Lipinski definition) is 1. The molecule has 8 nitrogen and oxygen atoms in total. The van der Waals surface area contributed by atoms with Crippen molar-refractivity contribution in [2.45, 2.75) is 12.5 Å². The lowest BCUT2D eigenvalue weighted by Gasteiger charge is -2.15. The van der Waals surface area contributed by atoms with E-state index in [9.17, 15) is 4.79 Å². The molecule has 0 spiro atoms. The van der Waals surface area contributed by atoms with Gasteiger partial charge in [-0.25, -0.2) is 0 Å². The molecule has 4 rings (SSSR count). The number of ether oxygens (including phenoxy) is 3. The van der Waals surface area contributed by atoms with E-state index < -0.39 is 6.04 Å². The van der Waals surface area contributed by atoms with E-state index in [1.165, 1.54) is 18.4 Å². The van der Waals surface area contributed by atoms with E-state index in [4.69, 9.17) is 18.7 Å². The van der Waals surface area contributed by atoms with E-state index in [0.29, 0.717) is 45.8 Å². The van der Waals surface area contributed by atoms with Crippen LogP contribution in [0.5, 0.6) is 17.2 Å². The Balaban J connectivity index is 1.66. The zero-order chi connectivity index (χ0) is 23.2. The SMILES string of the molecule is COc1cc(-c2noc(C(Cc3ccccc3)NC(=O)c3cccs3)n2)cc(OC)c1OC. The molecule has 2 aromatic carbocycles. The largest absolute Gasteiger partial charge is 0.493 e. The topological polar surface area (TPSA) is 95.7 Å². The molecule has 0 aliphatic carbocycles. The Kier molecular flexibility index (Phi) is 6.89. The number of aromatic nitrogens is 2. The molecule has 0 radical (unpaired) electrons. The van der Waals surface area contributed by atoms with E-state index in [-0.39, 0.29) is 5.91 Å². The van der Waals surface area contributed by atoms with Gasteiger partial charge in [-0.1, -0.05) is 41.6 Å². The van der Waals surface area contributed by atoms with Gasteiger partial charge in [0.2, 0.25) is 17.5 Å². The van der Waals surface area contributed by atoms with Crippen LogP contribution in [-0.2, 0) is 6.42 Å².